The Balaban J connectivity index is 2.59. The van der Waals surface area contributed by atoms with Crippen LogP contribution in [0, 0.1) is 5.41 Å². The fourth-order valence-corrected chi connectivity index (χ4v) is 1.32. The van der Waals surface area contributed by atoms with E-state index in [1.807, 2.05) is 0 Å². The molecule has 4 nitrogen and oxygen atoms in total. The highest BCUT2D eigenvalue weighted by atomic mass is 35.5. The molecule has 5 heteroatoms. The van der Waals surface area contributed by atoms with Gasteiger partial charge in [0.05, 0.1) is 0 Å². The van der Waals surface area contributed by atoms with Crippen molar-refractivity contribution >= 4 is 23.3 Å². The van der Waals surface area contributed by atoms with E-state index in [1.54, 1.807) is 6.92 Å². The topological polar surface area (TPSA) is 73.2 Å². The van der Waals surface area contributed by atoms with Crippen molar-refractivity contribution in [3.63, 3.8) is 0 Å². The number of halogens is 1. The first-order valence-electron chi connectivity index (χ1n) is 3.90. The van der Waals surface area contributed by atoms with E-state index in [9.17, 15) is 4.79 Å². The van der Waals surface area contributed by atoms with Gasteiger partial charge in [-0.05, 0) is 25.8 Å². The van der Waals surface area contributed by atoms with Gasteiger partial charge >= 0.3 is 5.97 Å². The maximum absolute atomic E-state index is 10.7. The van der Waals surface area contributed by atoms with Crippen LogP contribution in [0.1, 0.15) is 19.8 Å². The summed E-state index contributed by atoms with van der Waals surface area (Å²) in [6.07, 6.45) is 2.57. The van der Waals surface area contributed by atoms with E-state index in [-0.39, 0.29) is 5.16 Å². The fourth-order valence-electron chi connectivity index (χ4n) is 0.972. The molecule has 0 aliphatic heterocycles. The number of carboxylic acids is 1. The van der Waals surface area contributed by atoms with Crippen LogP contribution < -0.4 is 5.32 Å². The number of rotatable bonds is 4. The van der Waals surface area contributed by atoms with Gasteiger partial charge in [-0.3, -0.25) is 0 Å². The van der Waals surface area contributed by atoms with Crippen molar-refractivity contribution in [3.8, 4) is 0 Å². The minimum atomic E-state index is -0.887. The Labute approximate surface area is 81.1 Å². The van der Waals surface area contributed by atoms with Crippen LogP contribution in [0.5, 0.6) is 0 Å². The van der Waals surface area contributed by atoms with Gasteiger partial charge in [0.25, 0.3) is 0 Å². The summed E-state index contributed by atoms with van der Waals surface area (Å²) in [4.78, 5) is 10.7. The minimum absolute atomic E-state index is 0.215. The standard InChI is InChI=1S/C8H11ClN2O2/c1-5(10)4-6(9)11-8(2-3-8)7(12)13/h4,10-11H,2-3H2,1H3,(H,12,13)/b6-4-,10-5?. The third kappa shape index (κ3) is 2.45. The zero-order chi connectivity index (χ0) is 10.1. The van der Waals surface area contributed by atoms with Crippen LogP contribution in [0.25, 0.3) is 0 Å². The molecule has 0 radical (unpaired) electrons. The van der Waals surface area contributed by atoms with Crippen LogP contribution >= 0.6 is 11.6 Å². The highest BCUT2D eigenvalue weighted by Crippen LogP contribution is 2.36. The lowest BCUT2D eigenvalue weighted by atomic mass is 10.3. The molecule has 0 aromatic heterocycles. The molecule has 3 N–H and O–H groups in total. The summed E-state index contributed by atoms with van der Waals surface area (Å²) >= 11 is 5.69. The van der Waals surface area contributed by atoms with Crippen molar-refractivity contribution in [1.29, 1.82) is 5.41 Å². The summed E-state index contributed by atoms with van der Waals surface area (Å²) in [7, 11) is 0. The Kier molecular flexibility index (Phi) is 2.61. The molecular weight excluding hydrogens is 192 g/mol. The molecule has 0 aromatic rings. The van der Waals surface area contributed by atoms with E-state index in [1.165, 1.54) is 6.08 Å². The van der Waals surface area contributed by atoms with Crippen LogP contribution in [0.4, 0.5) is 0 Å². The smallest absolute Gasteiger partial charge is 0.329 e. The second-order valence-electron chi connectivity index (χ2n) is 3.19. The van der Waals surface area contributed by atoms with E-state index in [2.05, 4.69) is 5.32 Å². The largest absolute Gasteiger partial charge is 0.480 e. The molecule has 0 atom stereocenters. The van der Waals surface area contributed by atoms with Crippen molar-refractivity contribution in [3.05, 3.63) is 11.2 Å². The van der Waals surface area contributed by atoms with Gasteiger partial charge in [0, 0.05) is 5.71 Å². The molecule has 1 saturated carbocycles. The Bertz CT molecular complexity index is 282. The highest BCUT2D eigenvalue weighted by molar-refractivity contribution is 6.31. The summed E-state index contributed by atoms with van der Waals surface area (Å²) in [5.74, 6) is -0.887. The molecule has 0 spiro atoms. The van der Waals surface area contributed by atoms with E-state index >= 15 is 0 Å². The SMILES string of the molecule is CC(=N)/C=C(/Cl)NC1(C(=O)O)CC1. The van der Waals surface area contributed by atoms with E-state index in [4.69, 9.17) is 22.1 Å². The van der Waals surface area contributed by atoms with Gasteiger partial charge in [-0.25, -0.2) is 4.79 Å². The molecule has 1 aliphatic rings. The molecule has 0 unspecified atom stereocenters. The van der Waals surface area contributed by atoms with Gasteiger partial charge in [-0.1, -0.05) is 11.6 Å². The lowest BCUT2D eigenvalue weighted by Gasteiger charge is -2.12. The van der Waals surface area contributed by atoms with Crippen LogP contribution in [0.2, 0.25) is 0 Å². The Hall–Kier alpha value is -1.03. The lowest BCUT2D eigenvalue weighted by molar-refractivity contribution is -0.140. The third-order valence-electron chi connectivity index (χ3n) is 1.86. The monoisotopic (exact) mass is 202 g/mol. The van der Waals surface area contributed by atoms with Gasteiger partial charge in [-0.2, -0.15) is 0 Å². The summed E-state index contributed by atoms with van der Waals surface area (Å²) in [6.45, 7) is 1.57. The first kappa shape index (κ1) is 10.1. The van der Waals surface area contributed by atoms with Crippen molar-refractivity contribution in [2.45, 2.75) is 25.3 Å². The molecule has 0 saturated heterocycles. The molecule has 1 aliphatic carbocycles. The normalized spacial score (nSPS) is 19.4. The molecule has 0 bridgehead atoms. The highest BCUT2D eigenvalue weighted by Gasteiger charge is 2.50. The molecule has 1 rings (SSSR count). The van der Waals surface area contributed by atoms with Crippen molar-refractivity contribution in [2.75, 3.05) is 0 Å². The zero-order valence-corrected chi connectivity index (χ0v) is 7.98. The molecule has 0 aromatic carbocycles. The Morgan fingerprint density at radius 3 is 2.54 bits per heavy atom. The second kappa shape index (κ2) is 3.38. The van der Waals surface area contributed by atoms with Gasteiger partial charge in [-0.15, -0.1) is 0 Å². The summed E-state index contributed by atoms with van der Waals surface area (Å²) < 4.78 is 0. The van der Waals surface area contributed by atoms with Gasteiger partial charge in [0.2, 0.25) is 0 Å². The zero-order valence-electron chi connectivity index (χ0n) is 7.22. The Morgan fingerprint density at radius 2 is 2.23 bits per heavy atom. The minimum Gasteiger partial charge on any atom is -0.480 e. The maximum atomic E-state index is 10.7. The number of carboxylic acid groups (broad SMARTS) is 1. The molecule has 0 amide bonds. The summed E-state index contributed by atoms with van der Waals surface area (Å²) in [5, 5.41) is 18.8. The van der Waals surface area contributed by atoms with Gasteiger partial charge in [0.1, 0.15) is 10.7 Å². The number of hydrogen-bond acceptors (Lipinski definition) is 3. The number of aliphatic carboxylic acids is 1. The lowest BCUT2D eigenvalue weighted by Crippen LogP contribution is -2.37. The van der Waals surface area contributed by atoms with Crippen molar-refractivity contribution in [2.24, 2.45) is 0 Å². The number of nitrogens with one attached hydrogen (secondary N) is 2. The Morgan fingerprint density at radius 1 is 1.69 bits per heavy atom. The van der Waals surface area contributed by atoms with Crippen molar-refractivity contribution < 1.29 is 9.90 Å². The predicted molar refractivity (Wildman–Crippen MR) is 50.1 cm³/mol. The molecule has 13 heavy (non-hydrogen) atoms. The molecular formula is C8H11ClN2O2. The molecule has 0 heterocycles. The molecule has 1 fully saturated rings. The van der Waals surface area contributed by atoms with Crippen LogP contribution in [0.15, 0.2) is 11.2 Å². The van der Waals surface area contributed by atoms with E-state index in [0.29, 0.717) is 18.6 Å². The number of carbonyl (C=O) groups is 1. The molecule has 72 valence electrons. The summed E-state index contributed by atoms with van der Waals surface area (Å²) in [5.41, 5.74) is -0.582. The predicted octanol–water partition coefficient (Wildman–Crippen LogP) is 1.31. The third-order valence-corrected chi connectivity index (χ3v) is 2.06. The van der Waals surface area contributed by atoms with Crippen LogP contribution in [-0.4, -0.2) is 22.3 Å². The number of allylic oxidation sites excluding steroid dienone is 1. The van der Waals surface area contributed by atoms with E-state index in [0.717, 1.165) is 0 Å². The quantitative estimate of drug-likeness (QED) is 0.476. The van der Waals surface area contributed by atoms with Gasteiger partial charge in [0.15, 0.2) is 0 Å². The van der Waals surface area contributed by atoms with Crippen LogP contribution in [0.3, 0.4) is 0 Å². The van der Waals surface area contributed by atoms with Gasteiger partial charge < -0.3 is 15.8 Å². The second-order valence-corrected chi connectivity index (χ2v) is 3.59. The first-order chi connectivity index (χ1) is 5.96. The number of hydrogen-bond donors (Lipinski definition) is 3. The average Bonchev–Trinajstić information content (AvgIpc) is 2.66. The fraction of sp³-hybridized carbons (Fsp3) is 0.500. The first-order valence-corrected chi connectivity index (χ1v) is 4.28. The van der Waals surface area contributed by atoms with Crippen LogP contribution in [-0.2, 0) is 4.79 Å². The maximum Gasteiger partial charge on any atom is 0.329 e. The average molecular weight is 203 g/mol. The summed E-state index contributed by atoms with van der Waals surface area (Å²) in [6, 6.07) is 0. The van der Waals surface area contributed by atoms with Crippen molar-refractivity contribution in [1.82, 2.24) is 5.32 Å². The van der Waals surface area contributed by atoms with E-state index < -0.39 is 11.5 Å².